The first-order chi connectivity index (χ1) is 8.90. The zero-order valence-corrected chi connectivity index (χ0v) is 12.5. The highest BCUT2D eigenvalue weighted by Crippen LogP contribution is 2.22. The van der Waals surface area contributed by atoms with Crippen LogP contribution in [0.3, 0.4) is 0 Å². The van der Waals surface area contributed by atoms with E-state index in [1.165, 1.54) is 0 Å². The molecule has 106 valence electrons. The number of nitrogens with one attached hydrogen (secondary N) is 1. The van der Waals surface area contributed by atoms with Crippen molar-refractivity contribution in [2.45, 2.75) is 46.1 Å². The summed E-state index contributed by atoms with van der Waals surface area (Å²) < 4.78 is 0. The van der Waals surface area contributed by atoms with Crippen molar-refractivity contribution in [2.24, 2.45) is 0 Å². The monoisotopic (exact) mass is 283 g/mol. The maximum Gasteiger partial charge on any atom is 0.220 e. The minimum atomic E-state index is -0.418. The van der Waals surface area contributed by atoms with Gasteiger partial charge in [-0.3, -0.25) is 9.59 Å². The SMILES string of the molecule is Cc1cc(C(=O)CCC(=O)NCCC(C)O)c(C)s1. The molecule has 0 spiro atoms. The summed E-state index contributed by atoms with van der Waals surface area (Å²) in [5.41, 5.74) is 0.735. The highest BCUT2D eigenvalue weighted by Gasteiger charge is 2.13. The predicted molar refractivity (Wildman–Crippen MR) is 76.7 cm³/mol. The van der Waals surface area contributed by atoms with E-state index in [1.807, 2.05) is 19.9 Å². The number of amides is 1. The van der Waals surface area contributed by atoms with Gasteiger partial charge in [0.25, 0.3) is 0 Å². The summed E-state index contributed by atoms with van der Waals surface area (Å²) in [5.74, 6) is -0.119. The minimum Gasteiger partial charge on any atom is -0.393 e. The number of rotatable bonds is 7. The van der Waals surface area contributed by atoms with Gasteiger partial charge in [-0.2, -0.15) is 0 Å². The number of carbonyl (C=O) groups is 2. The minimum absolute atomic E-state index is 0.0209. The first-order valence-electron chi connectivity index (χ1n) is 6.45. The Labute approximate surface area is 117 Å². The summed E-state index contributed by atoms with van der Waals surface area (Å²) in [5, 5.41) is 11.8. The summed E-state index contributed by atoms with van der Waals surface area (Å²) in [6.07, 6.45) is 0.547. The number of thiophene rings is 1. The van der Waals surface area contributed by atoms with Gasteiger partial charge in [0.1, 0.15) is 0 Å². The summed E-state index contributed by atoms with van der Waals surface area (Å²) in [6.45, 7) is 6.02. The normalized spacial score (nSPS) is 12.2. The molecule has 19 heavy (non-hydrogen) atoms. The van der Waals surface area contributed by atoms with Crippen LogP contribution >= 0.6 is 11.3 Å². The van der Waals surface area contributed by atoms with Crippen molar-refractivity contribution >= 4 is 23.0 Å². The Balaban J connectivity index is 2.34. The van der Waals surface area contributed by atoms with Crippen LogP contribution in [0.5, 0.6) is 0 Å². The van der Waals surface area contributed by atoms with Crippen molar-refractivity contribution in [3.8, 4) is 0 Å². The molecule has 1 aromatic rings. The molecular formula is C14H21NO3S. The smallest absolute Gasteiger partial charge is 0.220 e. The van der Waals surface area contributed by atoms with Crippen molar-refractivity contribution < 1.29 is 14.7 Å². The van der Waals surface area contributed by atoms with E-state index in [-0.39, 0.29) is 24.5 Å². The topological polar surface area (TPSA) is 66.4 Å². The first kappa shape index (κ1) is 15.9. The van der Waals surface area contributed by atoms with E-state index in [9.17, 15) is 9.59 Å². The zero-order chi connectivity index (χ0) is 14.4. The second-order valence-electron chi connectivity index (χ2n) is 4.74. The molecule has 4 nitrogen and oxygen atoms in total. The van der Waals surface area contributed by atoms with Crippen LogP contribution in [0.4, 0.5) is 0 Å². The number of aliphatic hydroxyl groups is 1. The van der Waals surface area contributed by atoms with Crippen LogP contribution in [0.25, 0.3) is 0 Å². The maximum absolute atomic E-state index is 12.0. The molecule has 2 N–H and O–H groups in total. The first-order valence-corrected chi connectivity index (χ1v) is 7.26. The lowest BCUT2D eigenvalue weighted by Gasteiger charge is -2.06. The molecule has 1 unspecified atom stereocenters. The molecule has 1 aromatic heterocycles. The molecule has 5 heteroatoms. The molecule has 0 aliphatic heterocycles. The van der Waals surface area contributed by atoms with E-state index in [2.05, 4.69) is 5.32 Å². The van der Waals surface area contributed by atoms with Gasteiger partial charge in [0.05, 0.1) is 6.10 Å². The van der Waals surface area contributed by atoms with E-state index in [4.69, 9.17) is 5.11 Å². The summed E-state index contributed by atoms with van der Waals surface area (Å²) in [6, 6.07) is 1.88. The van der Waals surface area contributed by atoms with Crippen LogP contribution in [0.15, 0.2) is 6.07 Å². The van der Waals surface area contributed by atoms with Gasteiger partial charge < -0.3 is 10.4 Å². The van der Waals surface area contributed by atoms with Crippen LogP contribution in [0.2, 0.25) is 0 Å². The van der Waals surface area contributed by atoms with E-state index in [1.54, 1.807) is 18.3 Å². The average molecular weight is 283 g/mol. The van der Waals surface area contributed by atoms with Crippen molar-refractivity contribution in [3.63, 3.8) is 0 Å². The molecule has 1 amide bonds. The molecule has 0 bridgehead atoms. The van der Waals surface area contributed by atoms with Crippen LogP contribution in [-0.2, 0) is 4.79 Å². The van der Waals surface area contributed by atoms with Gasteiger partial charge in [-0.05, 0) is 33.3 Å². The number of ketones is 1. The molecule has 1 rings (SSSR count). The average Bonchev–Trinajstić information content (AvgIpc) is 2.65. The summed E-state index contributed by atoms with van der Waals surface area (Å²) in [4.78, 5) is 25.6. The van der Waals surface area contributed by atoms with E-state index < -0.39 is 6.10 Å². The second-order valence-corrected chi connectivity index (χ2v) is 6.20. The Kier molecular flexibility index (Phi) is 6.18. The lowest BCUT2D eigenvalue weighted by atomic mass is 10.1. The Morgan fingerprint density at radius 1 is 1.37 bits per heavy atom. The number of aliphatic hydroxyl groups excluding tert-OH is 1. The quantitative estimate of drug-likeness (QED) is 0.754. The van der Waals surface area contributed by atoms with Crippen LogP contribution in [0, 0.1) is 13.8 Å². The van der Waals surface area contributed by atoms with Gasteiger partial charge in [0.15, 0.2) is 5.78 Å². The van der Waals surface area contributed by atoms with Crippen molar-refractivity contribution in [1.29, 1.82) is 0 Å². The fraction of sp³-hybridized carbons (Fsp3) is 0.571. The number of Topliss-reactive ketones (excluding diaryl/α,β-unsaturated/α-hetero) is 1. The van der Waals surface area contributed by atoms with Gasteiger partial charge in [-0.1, -0.05) is 0 Å². The number of hydrogen-bond acceptors (Lipinski definition) is 4. The van der Waals surface area contributed by atoms with E-state index >= 15 is 0 Å². The van der Waals surface area contributed by atoms with Crippen molar-refractivity contribution in [1.82, 2.24) is 5.32 Å². The summed E-state index contributed by atoms with van der Waals surface area (Å²) >= 11 is 1.60. The summed E-state index contributed by atoms with van der Waals surface area (Å²) in [7, 11) is 0. The van der Waals surface area contributed by atoms with Gasteiger partial charge in [-0.25, -0.2) is 0 Å². The largest absolute Gasteiger partial charge is 0.393 e. The third-order valence-corrected chi connectivity index (χ3v) is 3.77. The van der Waals surface area contributed by atoms with Crippen molar-refractivity contribution in [2.75, 3.05) is 6.54 Å². The number of aryl methyl sites for hydroxylation is 2. The van der Waals surface area contributed by atoms with E-state index in [0.717, 1.165) is 15.3 Å². The molecule has 1 heterocycles. The highest BCUT2D eigenvalue weighted by molar-refractivity contribution is 7.12. The second kappa shape index (κ2) is 7.40. The molecular weight excluding hydrogens is 262 g/mol. The Morgan fingerprint density at radius 3 is 2.58 bits per heavy atom. The van der Waals surface area contributed by atoms with E-state index in [0.29, 0.717) is 13.0 Å². The zero-order valence-electron chi connectivity index (χ0n) is 11.7. The lowest BCUT2D eigenvalue weighted by Crippen LogP contribution is -2.26. The third-order valence-electron chi connectivity index (χ3n) is 2.80. The van der Waals surface area contributed by atoms with Gasteiger partial charge >= 0.3 is 0 Å². The lowest BCUT2D eigenvalue weighted by molar-refractivity contribution is -0.121. The third kappa shape index (κ3) is 5.53. The number of carbonyl (C=O) groups excluding carboxylic acids is 2. The van der Waals surface area contributed by atoms with Crippen LogP contribution in [0.1, 0.15) is 46.3 Å². The molecule has 0 radical (unpaired) electrons. The molecule has 0 fully saturated rings. The predicted octanol–water partition coefficient (Wildman–Crippen LogP) is 2.21. The molecule has 0 aromatic carbocycles. The Bertz CT molecular complexity index is 452. The fourth-order valence-electron chi connectivity index (χ4n) is 1.78. The van der Waals surface area contributed by atoms with Crippen LogP contribution < -0.4 is 5.32 Å². The maximum atomic E-state index is 12.0. The highest BCUT2D eigenvalue weighted by atomic mass is 32.1. The van der Waals surface area contributed by atoms with Gasteiger partial charge in [-0.15, -0.1) is 11.3 Å². The van der Waals surface area contributed by atoms with Gasteiger partial charge in [0, 0.05) is 34.7 Å². The number of hydrogen-bond donors (Lipinski definition) is 2. The molecule has 0 saturated heterocycles. The standard InChI is InChI=1S/C14H21NO3S/c1-9(16)6-7-15-14(18)5-4-13(17)12-8-10(2)19-11(12)3/h8-9,16H,4-7H2,1-3H3,(H,15,18). The molecule has 0 aliphatic rings. The molecule has 1 atom stereocenters. The Morgan fingerprint density at radius 2 is 2.05 bits per heavy atom. The van der Waals surface area contributed by atoms with Gasteiger partial charge in [0.2, 0.25) is 5.91 Å². The Hall–Kier alpha value is -1.20. The fourth-order valence-corrected chi connectivity index (χ4v) is 2.72. The molecule has 0 aliphatic carbocycles. The molecule has 0 saturated carbocycles. The van der Waals surface area contributed by atoms with Crippen molar-refractivity contribution in [3.05, 3.63) is 21.4 Å². The van der Waals surface area contributed by atoms with Crippen LogP contribution in [-0.4, -0.2) is 29.4 Å².